The predicted octanol–water partition coefficient (Wildman–Crippen LogP) is 8.09. The van der Waals surface area contributed by atoms with E-state index >= 15 is 0 Å². The molecule has 5 aromatic rings. The molecule has 27 heavy (non-hydrogen) atoms. The lowest BCUT2D eigenvalue weighted by molar-refractivity contribution is 1.58. The van der Waals surface area contributed by atoms with Gasteiger partial charge in [-0.05, 0) is 55.9 Å². The van der Waals surface area contributed by atoms with Crippen molar-refractivity contribution in [2.45, 2.75) is 0 Å². The SMILES string of the molecule is Brc1cc(-c2ccccc2)ccc1-c1cc2ccccc2c2ccccc12. The summed E-state index contributed by atoms with van der Waals surface area (Å²) in [5.41, 5.74) is 4.93. The number of rotatable bonds is 2. The van der Waals surface area contributed by atoms with Gasteiger partial charge < -0.3 is 0 Å². The van der Waals surface area contributed by atoms with Gasteiger partial charge in [-0.3, -0.25) is 0 Å². The molecule has 0 aromatic heterocycles. The Morgan fingerprint density at radius 3 is 1.89 bits per heavy atom. The van der Waals surface area contributed by atoms with Crippen LogP contribution in [0.15, 0.2) is 108 Å². The fourth-order valence-electron chi connectivity index (χ4n) is 3.82. The van der Waals surface area contributed by atoms with Crippen LogP contribution in [0.5, 0.6) is 0 Å². The quantitative estimate of drug-likeness (QED) is 0.259. The molecule has 0 radical (unpaired) electrons. The Hall–Kier alpha value is -2.90. The maximum absolute atomic E-state index is 3.83. The second-order valence-electron chi connectivity index (χ2n) is 6.75. The third-order valence-corrected chi connectivity index (χ3v) is 5.79. The first-order chi connectivity index (χ1) is 13.3. The minimum absolute atomic E-state index is 1.12. The summed E-state index contributed by atoms with van der Waals surface area (Å²) in [6.07, 6.45) is 0. The zero-order valence-corrected chi connectivity index (χ0v) is 16.3. The van der Waals surface area contributed by atoms with E-state index in [1.54, 1.807) is 0 Å². The van der Waals surface area contributed by atoms with Crippen molar-refractivity contribution in [1.29, 1.82) is 0 Å². The number of hydrogen-bond donors (Lipinski definition) is 0. The molecule has 0 bridgehead atoms. The summed E-state index contributed by atoms with van der Waals surface area (Å²) < 4.78 is 1.12. The zero-order valence-electron chi connectivity index (χ0n) is 14.7. The second kappa shape index (κ2) is 6.68. The molecule has 128 valence electrons. The van der Waals surface area contributed by atoms with E-state index < -0.39 is 0 Å². The molecule has 0 aliphatic heterocycles. The number of halogens is 1. The highest BCUT2D eigenvalue weighted by molar-refractivity contribution is 9.10. The lowest BCUT2D eigenvalue weighted by Gasteiger charge is -2.13. The number of benzene rings is 5. The smallest absolute Gasteiger partial charge is 0.0260 e. The summed E-state index contributed by atoms with van der Waals surface area (Å²) in [4.78, 5) is 0. The van der Waals surface area contributed by atoms with Crippen molar-refractivity contribution >= 4 is 37.5 Å². The Labute approximate surface area is 167 Å². The number of hydrogen-bond acceptors (Lipinski definition) is 0. The summed E-state index contributed by atoms with van der Waals surface area (Å²) in [5, 5.41) is 5.15. The molecule has 0 heterocycles. The van der Waals surface area contributed by atoms with E-state index in [-0.39, 0.29) is 0 Å². The van der Waals surface area contributed by atoms with Crippen LogP contribution in [0.3, 0.4) is 0 Å². The van der Waals surface area contributed by atoms with Crippen LogP contribution in [-0.2, 0) is 0 Å². The van der Waals surface area contributed by atoms with Crippen LogP contribution in [0.1, 0.15) is 0 Å². The van der Waals surface area contributed by atoms with E-state index in [1.165, 1.54) is 43.8 Å². The zero-order chi connectivity index (χ0) is 18.2. The summed E-state index contributed by atoms with van der Waals surface area (Å²) >= 11 is 3.83. The molecule has 0 spiro atoms. The Morgan fingerprint density at radius 1 is 0.444 bits per heavy atom. The Balaban J connectivity index is 1.76. The van der Waals surface area contributed by atoms with Gasteiger partial charge in [-0.25, -0.2) is 0 Å². The average Bonchev–Trinajstić information content (AvgIpc) is 2.74. The van der Waals surface area contributed by atoms with Crippen LogP contribution in [0.4, 0.5) is 0 Å². The molecule has 0 amide bonds. The highest BCUT2D eigenvalue weighted by Crippen LogP contribution is 2.39. The maximum atomic E-state index is 3.83. The fraction of sp³-hybridized carbons (Fsp3) is 0. The first-order valence-corrected chi connectivity index (χ1v) is 9.86. The van der Waals surface area contributed by atoms with Crippen molar-refractivity contribution in [2.24, 2.45) is 0 Å². The molecular weight excluding hydrogens is 392 g/mol. The van der Waals surface area contributed by atoms with Crippen molar-refractivity contribution in [3.63, 3.8) is 0 Å². The Bertz CT molecular complexity index is 1270. The molecule has 5 rings (SSSR count). The van der Waals surface area contributed by atoms with Gasteiger partial charge in [-0.2, -0.15) is 0 Å². The summed E-state index contributed by atoms with van der Waals surface area (Å²) in [6, 6.07) is 36.7. The van der Waals surface area contributed by atoms with Crippen LogP contribution in [0.2, 0.25) is 0 Å². The third-order valence-electron chi connectivity index (χ3n) is 5.13. The van der Waals surface area contributed by atoms with E-state index in [0.29, 0.717) is 0 Å². The van der Waals surface area contributed by atoms with Crippen molar-refractivity contribution in [3.05, 3.63) is 108 Å². The largest absolute Gasteiger partial charge is 0.0622 e. The Kier molecular flexibility index (Phi) is 4.03. The van der Waals surface area contributed by atoms with E-state index in [2.05, 4.69) is 113 Å². The average molecular weight is 409 g/mol. The highest BCUT2D eigenvalue weighted by Gasteiger charge is 2.11. The van der Waals surface area contributed by atoms with Gasteiger partial charge in [0.1, 0.15) is 0 Å². The lowest BCUT2D eigenvalue weighted by atomic mass is 9.92. The minimum atomic E-state index is 1.12. The molecule has 0 atom stereocenters. The van der Waals surface area contributed by atoms with Gasteiger partial charge in [-0.15, -0.1) is 0 Å². The minimum Gasteiger partial charge on any atom is -0.0622 e. The van der Waals surface area contributed by atoms with Crippen molar-refractivity contribution in [3.8, 4) is 22.3 Å². The van der Waals surface area contributed by atoms with E-state index in [9.17, 15) is 0 Å². The topological polar surface area (TPSA) is 0 Å². The van der Waals surface area contributed by atoms with Crippen molar-refractivity contribution in [1.82, 2.24) is 0 Å². The molecule has 0 saturated carbocycles. The number of fused-ring (bicyclic) bond motifs is 3. The molecule has 1 heteroatoms. The first-order valence-electron chi connectivity index (χ1n) is 9.07. The van der Waals surface area contributed by atoms with Gasteiger partial charge in [0, 0.05) is 4.47 Å². The van der Waals surface area contributed by atoms with Gasteiger partial charge in [0.15, 0.2) is 0 Å². The fourth-order valence-corrected chi connectivity index (χ4v) is 4.41. The molecule has 0 nitrogen and oxygen atoms in total. The summed E-state index contributed by atoms with van der Waals surface area (Å²) in [6.45, 7) is 0. The molecule has 0 saturated heterocycles. The molecular formula is C26H17Br. The van der Waals surface area contributed by atoms with Crippen LogP contribution in [0, 0.1) is 0 Å². The normalized spacial score (nSPS) is 11.1. The third kappa shape index (κ3) is 2.85. The van der Waals surface area contributed by atoms with Crippen molar-refractivity contribution < 1.29 is 0 Å². The lowest BCUT2D eigenvalue weighted by Crippen LogP contribution is -1.87. The van der Waals surface area contributed by atoms with Gasteiger partial charge in [-0.1, -0.05) is 107 Å². The van der Waals surface area contributed by atoms with E-state index in [0.717, 1.165) is 4.47 Å². The monoisotopic (exact) mass is 408 g/mol. The van der Waals surface area contributed by atoms with Crippen LogP contribution in [-0.4, -0.2) is 0 Å². The predicted molar refractivity (Wildman–Crippen MR) is 120 cm³/mol. The molecule has 5 aromatic carbocycles. The van der Waals surface area contributed by atoms with E-state index in [4.69, 9.17) is 0 Å². The van der Waals surface area contributed by atoms with Crippen LogP contribution in [0.25, 0.3) is 43.8 Å². The molecule has 0 N–H and O–H groups in total. The first kappa shape index (κ1) is 16.3. The van der Waals surface area contributed by atoms with Crippen molar-refractivity contribution in [2.75, 3.05) is 0 Å². The molecule has 0 aliphatic carbocycles. The van der Waals surface area contributed by atoms with Gasteiger partial charge in [0.2, 0.25) is 0 Å². The Morgan fingerprint density at radius 2 is 1.11 bits per heavy atom. The van der Waals surface area contributed by atoms with Crippen LogP contribution >= 0.6 is 15.9 Å². The van der Waals surface area contributed by atoms with E-state index in [1.807, 2.05) is 6.07 Å². The van der Waals surface area contributed by atoms with Gasteiger partial charge in [0.25, 0.3) is 0 Å². The standard InChI is InChI=1S/C26H17Br/c27-26-17-19(18-8-2-1-3-9-18)14-15-24(26)25-16-20-10-4-5-11-21(20)22-12-6-7-13-23(22)25/h1-17H. The van der Waals surface area contributed by atoms with Crippen LogP contribution < -0.4 is 0 Å². The molecule has 0 fully saturated rings. The highest BCUT2D eigenvalue weighted by atomic mass is 79.9. The molecule has 0 aliphatic rings. The second-order valence-corrected chi connectivity index (χ2v) is 7.61. The molecule has 0 unspecified atom stereocenters. The summed E-state index contributed by atoms with van der Waals surface area (Å²) in [5.74, 6) is 0. The maximum Gasteiger partial charge on any atom is 0.0260 e. The van der Waals surface area contributed by atoms with Gasteiger partial charge in [0.05, 0.1) is 0 Å². The summed E-state index contributed by atoms with van der Waals surface area (Å²) in [7, 11) is 0. The van der Waals surface area contributed by atoms with Gasteiger partial charge >= 0.3 is 0 Å².